The zero-order valence-corrected chi connectivity index (χ0v) is 22.8. The largest absolute Gasteiger partial charge is 0.486 e. The molecule has 0 amide bonds. The third-order valence-electron chi connectivity index (χ3n) is 7.06. The maximum Gasteiger partial charge on any atom is 0.340 e. The van der Waals surface area contributed by atoms with Crippen molar-refractivity contribution in [2.75, 3.05) is 13.9 Å². The number of benzene rings is 3. The second-order valence-electron chi connectivity index (χ2n) is 9.35. The van der Waals surface area contributed by atoms with Gasteiger partial charge in [-0.2, -0.15) is 0 Å². The Kier molecular flexibility index (Phi) is 7.97. The molecule has 7 heteroatoms. The Morgan fingerprint density at radius 1 is 0.842 bits per heavy atom. The fourth-order valence-corrected chi connectivity index (χ4v) is 4.68. The smallest absolute Gasteiger partial charge is 0.340 e. The summed E-state index contributed by atoms with van der Waals surface area (Å²) in [5, 5.41) is 1.37. The van der Waals surface area contributed by atoms with Gasteiger partial charge in [0, 0.05) is 24.4 Å². The number of halogens is 1. The fraction of sp³-hybridized carbons (Fsp3) is 0.290. The molecule has 0 saturated heterocycles. The number of carbonyl (C=O) groups is 1. The Balaban J connectivity index is 1.77. The van der Waals surface area contributed by atoms with E-state index >= 15 is 4.39 Å². The average Bonchev–Trinajstić information content (AvgIpc) is 2.92. The van der Waals surface area contributed by atoms with Crippen LogP contribution in [0.25, 0.3) is 10.8 Å². The number of hydrogen-bond acceptors (Lipinski definition) is 6. The van der Waals surface area contributed by atoms with Crippen molar-refractivity contribution >= 4 is 16.7 Å². The van der Waals surface area contributed by atoms with Gasteiger partial charge in [-0.15, -0.1) is 0 Å². The van der Waals surface area contributed by atoms with Crippen LogP contribution < -0.4 is 9.47 Å². The Labute approximate surface area is 222 Å². The number of carbonyl (C=O) groups excluding carboxylic acids is 1. The van der Waals surface area contributed by atoms with E-state index in [1.54, 1.807) is 13.1 Å². The molecule has 0 spiro atoms. The number of nitrogens with zero attached hydrogens (tertiary/aromatic N) is 1. The molecular weight excluding hydrogens is 485 g/mol. The third kappa shape index (κ3) is 4.94. The minimum Gasteiger partial charge on any atom is -0.486 e. The first kappa shape index (κ1) is 27.1. The Morgan fingerprint density at radius 3 is 2.13 bits per heavy atom. The zero-order chi connectivity index (χ0) is 27.6. The van der Waals surface area contributed by atoms with Gasteiger partial charge < -0.3 is 18.9 Å². The molecule has 38 heavy (non-hydrogen) atoms. The Bertz CT molecular complexity index is 1490. The van der Waals surface area contributed by atoms with E-state index < -0.39 is 11.8 Å². The SMILES string of the molecule is COCOC(=O)c1c(C)c(C)c(Oc2nccc3c(C)c(OCc4ccccc4)c(F)c(C)c23)c(C)c1C. The van der Waals surface area contributed by atoms with Crippen LogP contribution in [-0.2, 0) is 16.1 Å². The summed E-state index contributed by atoms with van der Waals surface area (Å²) in [6.07, 6.45) is 1.64. The molecule has 0 fully saturated rings. The van der Waals surface area contributed by atoms with Gasteiger partial charge in [-0.1, -0.05) is 30.3 Å². The number of aromatic nitrogens is 1. The predicted molar refractivity (Wildman–Crippen MR) is 145 cm³/mol. The van der Waals surface area contributed by atoms with Crippen LogP contribution >= 0.6 is 0 Å². The van der Waals surface area contributed by atoms with E-state index in [2.05, 4.69) is 4.98 Å². The predicted octanol–water partition coefficient (Wildman–Crippen LogP) is 7.36. The molecule has 198 valence electrons. The van der Waals surface area contributed by atoms with Crippen molar-refractivity contribution in [2.45, 2.75) is 48.1 Å². The summed E-state index contributed by atoms with van der Waals surface area (Å²) in [6.45, 7) is 11.1. The highest BCUT2D eigenvalue weighted by molar-refractivity contribution is 5.95. The van der Waals surface area contributed by atoms with Gasteiger partial charge in [0.2, 0.25) is 5.88 Å². The molecule has 0 saturated carbocycles. The highest BCUT2D eigenvalue weighted by Crippen LogP contribution is 2.41. The van der Waals surface area contributed by atoms with Crippen molar-refractivity contribution in [1.29, 1.82) is 0 Å². The van der Waals surface area contributed by atoms with Crippen LogP contribution in [0.3, 0.4) is 0 Å². The maximum atomic E-state index is 15.7. The first-order chi connectivity index (χ1) is 18.2. The van der Waals surface area contributed by atoms with E-state index in [1.807, 2.05) is 71.0 Å². The van der Waals surface area contributed by atoms with Gasteiger partial charge in [0.15, 0.2) is 18.4 Å². The molecule has 0 radical (unpaired) electrons. The number of ether oxygens (including phenoxy) is 4. The van der Waals surface area contributed by atoms with Crippen LogP contribution in [0.1, 0.15) is 49.3 Å². The van der Waals surface area contributed by atoms with Gasteiger partial charge in [-0.05, 0) is 80.8 Å². The number of aryl methyl sites for hydroxylation is 2. The van der Waals surface area contributed by atoms with E-state index in [4.69, 9.17) is 18.9 Å². The molecule has 1 heterocycles. The molecule has 3 aromatic carbocycles. The van der Waals surface area contributed by atoms with Crippen molar-refractivity contribution in [3.63, 3.8) is 0 Å². The summed E-state index contributed by atoms with van der Waals surface area (Å²) in [6, 6.07) is 11.5. The van der Waals surface area contributed by atoms with Crippen molar-refractivity contribution in [3.05, 3.63) is 92.9 Å². The molecule has 6 nitrogen and oxygen atoms in total. The van der Waals surface area contributed by atoms with E-state index in [-0.39, 0.29) is 25.0 Å². The molecule has 0 bridgehead atoms. The Morgan fingerprint density at radius 2 is 1.50 bits per heavy atom. The van der Waals surface area contributed by atoms with Crippen LogP contribution in [-0.4, -0.2) is 24.9 Å². The van der Waals surface area contributed by atoms with Crippen molar-refractivity contribution in [1.82, 2.24) is 4.98 Å². The number of esters is 1. The summed E-state index contributed by atoms with van der Waals surface area (Å²) in [4.78, 5) is 17.2. The first-order valence-corrected chi connectivity index (χ1v) is 12.4. The number of pyridine rings is 1. The summed E-state index contributed by atoms with van der Waals surface area (Å²) in [7, 11) is 1.46. The summed E-state index contributed by atoms with van der Waals surface area (Å²) >= 11 is 0. The minimum atomic E-state index is -0.459. The molecular formula is C31H32FNO5. The van der Waals surface area contributed by atoms with Gasteiger partial charge in [-0.3, -0.25) is 0 Å². The lowest BCUT2D eigenvalue weighted by molar-refractivity contribution is -0.0126. The van der Waals surface area contributed by atoms with Crippen LogP contribution in [0.2, 0.25) is 0 Å². The van der Waals surface area contributed by atoms with E-state index in [0.717, 1.165) is 33.2 Å². The lowest BCUT2D eigenvalue weighted by Crippen LogP contribution is -2.13. The van der Waals surface area contributed by atoms with Crippen LogP contribution in [0.15, 0.2) is 42.6 Å². The fourth-order valence-electron chi connectivity index (χ4n) is 4.68. The standard InChI is InChI=1S/C31H32FNO5/c1-17-19(3)28(20(4)18(2)25(17)31(34)37-16-35-7)38-30-26-22(6)27(32)29(21(5)24(26)13-14-33-30)36-15-23-11-9-8-10-12-23/h8-14H,15-16H2,1-7H3. The molecule has 1 aromatic heterocycles. The monoisotopic (exact) mass is 517 g/mol. The van der Waals surface area contributed by atoms with Gasteiger partial charge >= 0.3 is 5.97 Å². The van der Waals surface area contributed by atoms with E-state index in [9.17, 15) is 4.79 Å². The van der Waals surface area contributed by atoms with Crippen LogP contribution in [0.4, 0.5) is 4.39 Å². The van der Waals surface area contributed by atoms with Crippen molar-refractivity contribution < 1.29 is 28.1 Å². The van der Waals surface area contributed by atoms with Crippen LogP contribution in [0.5, 0.6) is 17.4 Å². The lowest BCUT2D eigenvalue weighted by Gasteiger charge is -2.21. The van der Waals surface area contributed by atoms with Gasteiger partial charge in [0.25, 0.3) is 0 Å². The molecule has 0 aliphatic rings. The summed E-state index contributed by atoms with van der Waals surface area (Å²) in [5.74, 6) is 0.177. The molecule has 0 unspecified atom stereocenters. The highest BCUT2D eigenvalue weighted by atomic mass is 19.1. The molecule has 0 atom stereocenters. The van der Waals surface area contributed by atoms with Gasteiger partial charge in [0.1, 0.15) is 12.4 Å². The highest BCUT2D eigenvalue weighted by Gasteiger charge is 2.24. The molecule has 0 aliphatic heterocycles. The zero-order valence-electron chi connectivity index (χ0n) is 22.8. The second kappa shape index (κ2) is 11.2. The second-order valence-corrected chi connectivity index (χ2v) is 9.35. The molecule has 4 rings (SSSR count). The summed E-state index contributed by atoms with van der Waals surface area (Å²) in [5.41, 5.74) is 5.51. The normalized spacial score (nSPS) is 11.1. The topological polar surface area (TPSA) is 66.9 Å². The molecule has 0 aliphatic carbocycles. The maximum absolute atomic E-state index is 15.7. The van der Waals surface area contributed by atoms with Crippen LogP contribution in [0, 0.1) is 47.4 Å². The van der Waals surface area contributed by atoms with E-state index in [0.29, 0.717) is 27.8 Å². The quantitative estimate of drug-likeness (QED) is 0.180. The minimum absolute atomic E-state index is 0.130. The number of rotatable bonds is 8. The number of hydrogen-bond donors (Lipinski definition) is 0. The average molecular weight is 518 g/mol. The third-order valence-corrected chi connectivity index (χ3v) is 7.06. The van der Waals surface area contributed by atoms with Crippen molar-refractivity contribution in [3.8, 4) is 17.4 Å². The summed E-state index contributed by atoms with van der Waals surface area (Å²) < 4.78 is 38.1. The number of methoxy groups -OCH3 is 1. The first-order valence-electron chi connectivity index (χ1n) is 12.4. The van der Waals surface area contributed by atoms with Crippen molar-refractivity contribution in [2.24, 2.45) is 0 Å². The molecule has 0 N–H and O–H groups in total. The number of fused-ring (bicyclic) bond motifs is 1. The van der Waals surface area contributed by atoms with Gasteiger partial charge in [-0.25, -0.2) is 14.2 Å². The lowest BCUT2D eigenvalue weighted by atomic mass is 9.93. The van der Waals surface area contributed by atoms with Gasteiger partial charge in [0.05, 0.1) is 10.9 Å². The van der Waals surface area contributed by atoms with E-state index in [1.165, 1.54) is 7.11 Å². The molecule has 4 aromatic rings. The Hall–Kier alpha value is -3.97.